The molecule has 1 aliphatic carbocycles. The maximum Gasteiger partial charge on any atom is 0.313 e. The molecule has 21 heavy (non-hydrogen) atoms. The molecule has 116 valence electrons. The van der Waals surface area contributed by atoms with Crippen LogP contribution in [0.2, 0.25) is 0 Å². The van der Waals surface area contributed by atoms with E-state index in [2.05, 4.69) is 11.9 Å². The average Bonchev–Trinajstić information content (AvgIpc) is 2.46. The van der Waals surface area contributed by atoms with Crippen LogP contribution in [-0.2, 0) is 4.79 Å². The van der Waals surface area contributed by atoms with Crippen LogP contribution in [-0.4, -0.2) is 26.4 Å². The van der Waals surface area contributed by atoms with Crippen LogP contribution in [0.4, 0.5) is 0 Å². The van der Waals surface area contributed by atoms with E-state index in [1.165, 1.54) is 31.7 Å². The van der Waals surface area contributed by atoms with Crippen LogP contribution >= 0.6 is 11.8 Å². The van der Waals surface area contributed by atoms with E-state index in [1.807, 2.05) is 4.57 Å². The lowest BCUT2D eigenvalue weighted by Crippen LogP contribution is -2.22. The van der Waals surface area contributed by atoms with Gasteiger partial charge in [0.15, 0.2) is 5.16 Å². The van der Waals surface area contributed by atoms with Gasteiger partial charge in [0.25, 0.3) is 5.56 Å². The highest BCUT2D eigenvalue weighted by molar-refractivity contribution is 7.99. The van der Waals surface area contributed by atoms with Gasteiger partial charge in [-0.2, -0.15) is 4.98 Å². The van der Waals surface area contributed by atoms with Gasteiger partial charge in [0, 0.05) is 18.3 Å². The standard InChI is InChI=1S/C15H22N2O3S/c1-2-3-11-4-6-12(7-5-11)17-9-8-13(18)16-15(17)21-10-14(19)20/h8-9,11-12H,2-7,10H2,1H3,(H,19,20). The average molecular weight is 310 g/mol. The molecule has 0 radical (unpaired) electrons. The maximum atomic E-state index is 11.4. The summed E-state index contributed by atoms with van der Waals surface area (Å²) in [6.07, 6.45) is 8.85. The van der Waals surface area contributed by atoms with Gasteiger partial charge in [0.2, 0.25) is 0 Å². The van der Waals surface area contributed by atoms with Crippen LogP contribution in [0.5, 0.6) is 0 Å². The topological polar surface area (TPSA) is 72.2 Å². The van der Waals surface area contributed by atoms with Crippen molar-refractivity contribution >= 4 is 17.7 Å². The van der Waals surface area contributed by atoms with Gasteiger partial charge in [-0.25, -0.2) is 0 Å². The number of thioether (sulfide) groups is 1. The number of rotatable bonds is 6. The first-order chi connectivity index (χ1) is 10.1. The van der Waals surface area contributed by atoms with E-state index in [4.69, 9.17) is 5.11 Å². The van der Waals surface area contributed by atoms with Gasteiger partial charge in [0.05, 0.1) is 5.75 Å². The molecular weight excluding hydrogens is 288 g/mol. The monoisotopic (exact) mass is 310 g/mol. The minimum Gasteiger partial charge on any atom is -0.481 e. The molecule has 1 aliphatic rings. The number of carboxylic acid groups (broad SMARTS) is 1. The number of nitrogens with zero attached hydrogens (tertiary/aromatic N) is 2. The van der Waals surface area contributed by atoms with Crippen molar-refractivity contribution < 1.29 is 9.90 Å². The molecule has 2 rings (SSSR count). The van der Waals surface area contributed by atoms with Gasteiger partial charge < -0.3 is 9.67 Å². The molecule has 0 bridgehead atoms. The van der Waals surface area contributed by atoms with Crippen molar-refractivity contribution in [3.63, 3.8) is 0 Å². The highest BCUT2D eigenvalue weighted by Crippen LogP contribution is 2.35. The van der Waals surface area contributed by atoms with Gasteiger partial charge in [-0.15, -0.1) is 0 Å². The molecule has 0 spiro atoms. The summed E-state index contributed by atoms with van der Waals surface area (Å²) in [5.41, 5.74) is -0.307. The molecule has 0 atom stereocenters. The Hall–Kier alpha value is -1.30. The zero-order valence-corrected chi connectivity index (χ0v) is 13.1. The second-order valence-corrected chi connectivity index (χ2v) is 6.54. The summed E-state index contributed by atoms with van der Waals surface area (Å²) in [5.74, 6) is -0.147. The number of aromatic nitrogens is 2. The molecule has 0 unspecified atom stereocenters. The minimum absolute atomic E-state index is 0.0678. The predicted molar refractivity (Wildman–Crippen MR) is 82.8 cm³/mol. The van der Waals surface area contributed by atoms with Gasteiger partial charge in [-0.05, 0) is 31.6 Å². The Morgan fingerprint density at radius 3 is 2.76 bits per heavy atom. The Bertz CT molecular complexity index is 536. The highest BCUT2D eigenvalue weighted by atomic mass is 32.2. The molecule has 0 aliphatic heterocycles. The number of hydrogen-bond acceptors (Lipinski definition) is 4. The maximum absolute atomic E-state index is 11.4. The lowest BCUT2D eigenvalue weighted by Gasteiger charge is -2.31. The van der Waals surface area contributed by atoms with E-state index in [0.29, 0.717) is 11.2 Å². The van der Waals surface area contributed by atoms with Crippen LogP contribution in [0.25, 0.3) is 0 Å². The number of carboxylic acids is 1. The second kappa shape index (κ2) is 7.64. The van der Waals surface area contributed by atoms with Crippen LogP contribution in [0.15, 0.2) is 22.2 Å². The van der Waals surface area contributed by atoms with Crippen molar-refractivity contribution in [2.45, 2.75) is 56.6 Å². The second-order valence-electron chi connectivity index (χ2n) is 5.60. The molecule has 5 nitrogen and oxygen atoms in total. The number of aliphatic carboxylic acids is 1. The lowest BCUT2D eigenvalue weighted by molar-refractivity contribution is -0.133. The van der Waals surface area contributed by atoms with Crippen LogP contribution in [0.3, 0.4) is 0 Å². The summed E-state index contributed by atoms with van der Waals surface area (Å²) in [4.78, 5) is 26.1. The molecule has 6 heteroatoms. The molecule has 1 heterocycles. The van der Waals surface area contributed by atoms with E-state index >= 15 is 0 Å². The third-order valence-electron chi connectivity index (χ3n) is 4.04. The molecule has 1 aromatic rings. The van der Waals surface area contributed by atoms with Gasteiger partial charge >= 0.3 is 5.97 Å². The largest absolute Gasteiger partial charge is 0.481 e. The zero-order valence-electron chi connectivity index (χ0n) is 12.3. The van der Waals surface area contributed by atoms with Crippen LogP contribution < -0.4 is 5.56 Å². The van der Waals surface area contributed by atoms with Gasteiger partial charge in [0.1, 0.15) is 0 Å². The van der Waals surface area contributed by atoms with Crippen molar-refractivity contribution in [2.75, 3.05) is 5.75 Å². The molecule has 0 amide bonds. The molecule has 1 saturated carbocycles. The summed E-state index contributed by atoms with van der Waals surface area (Å²) < 4.78 is 2.00. The first-order valence-electron chi connectivity index (χ1n) is 7.54. The van der Waals surface area contributed by atoms with Crippen LogP contribution in [0.1, 0.15) is 51.5 Å². The molecule has 0 saturated heterocycles. The summed E-state index contributed by atoms with van der Waals surface area (Å²) in [5, 5.41) is 9.33. The van der Waals surface area contributed by atoms with Crippen molar-refractivity contribution in [1.82, 2.24) is 9.55 Å². The SMILES string of the molecule is CCCC1CCC(n2ccc(=O)nc2SCC(=O)O)CC1. The van der Waals surface area contributed by atoms with Crippen molar-refractivity contribution in [2.24, 2.45) is 5.92 Å². The number of hydrogen-bond donors (Lipinski definition) is 1. The van der Waals surface area contributed by atoms with E-state index in [1.54, 1.807) is 6.20 Å². The summed E-state index contributed by atoms with van der Waals surface area (Å²) in [7, 11) is 0. The van der Waals surface area contributed by atoms with E-state index in [0.717, 1.165) is 30.5 Å². The first-order valence-corrected chi connectivity index (χ1v) is 8.52. The Morgan fingerprint density at radius 1 is 1.43 bits per heavy atom. The fourth-order valence-electron chi connectivity index (χ4n) is 3.03. The normalized spacial score (nSPS) is 22.1. The zero-order chi connectivity index (χ0) is 15.2. The van der Waals surface area contributed by atoms with Gasteiger partial charge in [-0.1, -0.05) is 31.5 Å². The first kappa shape index (κ1) is 16.1. The quantitative estimate of drug-likeness (QED) is 0.646. The van der Waals surface area contributed by atoms with Crippen LogP contribution in [0, 0.1) is 5.92 Å². The Labute approximate surface area is 128 Å². The van der Waals surface area contributed by atoms with E-state index in [-0.39, 0.29) is 11.3 Å². The Morgan fingerprint density at radius 2 is 2.14 bits per heavy atom. The Balaban J connectivity index is 2.08. The van der Waals surface area contributed by atoms with Crippen molar-refractivity contribution in [3.05, 3.63) is 22.6 Å². The van der Waals surface area contributed by atoms with Crippen molar-refractivity contribution in [1.29, 1.82) is 0 Å². The molecule has 1 aromatic heterocycles. The van der Waals surface area contributed by atoms with E-state index < -0.39 is 5.97 Å². The molecule has 1 fully saturated rings. The third-order valence-corrected chi connectivity index (χ3v) is 4.99. The summed E-state index contributed by atoms with van der Waals surface area (Å²) in [6, 6.07) is 1.80. The predicted octanol–water partition coefficient (Wildman–Crippen LogP) is 2.95. The van der Waals surface area contributed by atoms with Crippen molar-refractivity contribution in [3.8, 4) is 0 Å². The molecular formula is C15H22N2O3S. The third kappa shape index (κ3) is 4.59. The fourth-order valence-corrected chi connectivity index (χ4v) is 3.79. The highest BCUT2D eigenvalue weighted by Gasteiger charge is 2.23. The fraction of sp³-hybridized carbons (Fsp3) is 0.667. The summed E-state index contributed by atoms with van der Waals surface area (Å²) in [6.45, 7) is 2.22. The minimum atomic E-state index is -0.892. The van der Waals surface area contributed by atoms with E-state index in [9.17, 15) is 9.59 Å². The lowest BCUT2D eigenvalue weighted by atomic mass is 9.83. The summed E-state index contributed by atoms with van der Waals surface area (Å²) >= 11 is 1.13. The van der Waals surface area contributed by atoms with Gasteiger partial charge in [-0.3, -0.25) is 9.59 Å². The Kier molecular flexibility index (Phi) is 5.85. The smallest absolute Gasteiger partial charge is 0.313 e. The molecule has 0 aromatic carbocycles. The molecule has 1 N–H and O–H groups in total. The number of carbonyl (C=O) groups is 1.